The van der Waals surface area contributed by atoms with Crippen molar-refractivity contribution in [2.24, 2.45) is 5.92 Å². The lowest BCUT2D eigenvalue weighted by molar-refractivity contribution is -0.0590. The highest BCUT2D eigenvalue weighted by Gasteiger charge is 2.51. The lowest BCUT2D eigenvalue weighted by Crippen LogP contribution is -2.70. The Balaban J connectivity index is 1.59. The van der Waals surface area contributed by atoms with Crippen LogP contribution in [0, 0.1) is 5.92 Å². The molecule has 2 aliphatic rings. The molecule has 1 N–H and O–H groups in total. The predicted octanol–water partition coefficient (Wildman–Crippen LogP) is 4.27. The summed E-state index contributed by atoms with van der Waals surface area (Å²) < 4.78 is 6.35. The summed E-state index contributed by atoms with van der Waals surface area (Å²) in [5, 5.41) is 3.12. The molecule has 2 aliphatic heterocycles. The van der Waals surface area contributed by atoms with E-state index in [4.69, 9.17) is 4.74 Å². The maximum absolute atomic E-state index is 13.5. The van der Waals surface area contributed by atoms with Gasteiger partial charge < -0.3 is 24.8 Å². The van der Waals surface area contributed by atoms with E-state index in [1.165, 1.54) is 5.56 Å². The monoisotopic (exact) mass is 557 g/mol. The Labute approximate surface area is 224 Å². The molecule has 0 saturated carbocycles. The third-order valence-electron chi connectivity index (χ3n) is 7.42. The summed E-state index contributed by atoms with van der Waals surface area (Å²) in [6, 6.07) is 17.0. The van der Waals surface area contributed by atoms with Gasteiger partial charge in [0.05, 0.1) is 7.11 Å². The SMILES string of the molecule is COc1ccc(NC(=O)N2CCC(CN(C)C)CN3[C@H](CN(C)C)[C@H](c4ccc(Br)cc4)[C@@H]3C2)cc1. The van der Waals surface area contributed by atoms with Crippen molar-refractivity contribution in [1.82, 2.24) is 19.6 Å². The molecule has 2 aromatic rings. The van der Waals surface area contributed by atoms with Gasteiger partial charge in [0.15, 0.2) is 0 Å². The van der Waals surface area contributed by atoms with Gasteiger partial charge in [-0.2, -0.15) is 0 Å². The Bertz CT molecular complexity index is 998. The van der Waals surface area contributed by atoms with Gasteiger partial charge in [-0.25, -0.2) is 4.79 Å². The molecule has 8 heteroatoms. The van der Waals surface area contributed by atoms with Gasteiger partial charge in [0.2, 0.25) is 0 Å². The zero-order valence-electron chi connectivity index (χ0n) is 22.2. The maximum atomic E-state index is 13.5. The van der Waals surface area contributed by atoms with Crippen molar-refractivity contribution in [2.45, 2.75) is 24.4 Å². The lowest BCUT2D eigenvalue weighted by atomic mass is 9.73. The van der Waals surface area contributed by atoms with Crippen LogP contribution in [0.1, 0.15) is 17.9 Å². The fraction of sp³-hybridized carbons (Fsp3) is 0.536. The number of hydrogen-bond donors (Lipinski definition) is 1. The van der Waals surface area contributed by atoms with Crippen molar-refractivity contribution >= 4 is 27.6 Å². The number of carbonyl (C=O) groups is 1. The molecule has 0 bridgehead atoms. The number of amides is 2. The molecule has 2 saturated heterocycles. The Morgan fingerprint density at radius 2 is 1.67 bits per heavy atom. The maximum Gasteiger partial charge on any atom is 0.321 e. The quantitative estimate of drug-likeness (QED) is 0.550. The van der Waals surface area contributed by atoms with Crippen LogP contribution in [0.4, 0.5) is 10.5 Å². The largest absolute Gasteiger partial charge is 0.497 e. The second kappa shape index (κ2) is 11.9. The Kier molecular flexibility index (Phi) is 8.93. The smallest absolute Gasteiger partial charge is 0.321 e. The van der Waals surface area contributed by atoms with Gasteiger partial charge in [-0.3, -0.25) is 4.90 Å². The van der Waals surface area contributed by atoms with E-state index in [2.05, 4.69) is 88.4 Å². The molecular formula is C28H40BrN5O2. The molecule has 196 valence electrons. The van der Waals surface area contributed by atoms with Crippen LogP contribution in [-0.2, 0) is 0 Å². The Morgan fingerprint density at radius 1 is 1.00 bits per heavy atom. The van der Waals surface area contributed by atoms with Gasteiger partial charge in [0.25, 0.3) is 0 Å². The summed E-state index contributed by atoms with van der Waals surface area (Å²) in [5.74, 6) is 1.67. The molecule has 0 aliphatic carbocycles. The summed E-state index contributed by atoms with van der Waals surface area (Å²) in [7, 11) is 10.2. The second-order valence-electron chi connectivity index (χ2n) is 10.7. The van der Waals surface area contributed by atoms with Crippen LogP contribution in [0.15, 0.2) is 53.0 Å². The number of rotatable bonds is 7. The zero-order chi connectivity index (χ0) is 25.8. The van der Waals surface area contributed by atoms with E-state index in [0.717, 1.165) is 55.1 Å². The van der Waals surface area contributed by atoms with Crippen LogP contribution in [0.25, 0.3) is 0 Å². The van der Waals surface area contributed by atoms with Gasteiger partial charge in [0, 0.05) is 60.9 Å². The topological polar surface area (TPSA) is 51.3 Å². The molecule has 1 unspecified atom stereocenters. The standard InChI is InChI=1S/C28H40BrN5O2/c1-31(2)16-20-14-15-33(28(35)30-23-10-12-24(36-5)13-11-23)19-26-27(21-6-8-22(29)9-7-21)25(18-32(3)4)34(26)17-20/h6-13,20,25-27H,14-19H2,1-5H3,(H,30,35)/t20?,25-,26+,27+/m1/s1. The van der Waals surface area contributed by atoms with Crippen molar-refractivity contribution in [3.8, 4) is 5.75 Å². The summed E-state index contributed by atoms with van der Waals surface area (Å²) >= 11 is 3.59. The number of urea groups is 1. The third-order valence-corrected chi connectivity index (χ3v) is 7.95. The number of fused-ring (bicyclic) bond motifs is 1. The molecule has 36 heavy (non-hydrogen) atoms. The number of halogens is 1. The van der Waals surface area contributed by atoms with Crippen LogP contribution in [-0.4, -0.2) is 106 Å². The normalized spacial score (nSPS) is 24.6. The van der Waals surface area contributed by atoms with Crippen LogP contribution >= 0.6 is 15.9 Å². The van der Waals surface area contributed by atoms with E-state index in [0.29, 0.717) is 23.9 Å². The van der Waals surface area contributed by atoms with Crippen LogP contribution in [0.5, 0.6) is 5.75 Å². The molecule has 2 fully saturated rings. The summed E-state index contributed by atoms with van der Waals surface area (Å²) in [6.45, 7) is 4.58. The first-order chi connectivity index (χ1) is 17.2. The van der Waals surface area contributed by atoms with Gasteiger partial charge >= 0.3 is 6.03 Å². The van der Waals surface area contributed by atoms with E-state index in [-0.39, 0.29) is 6.03 Å². The predicted molar refractivity (Wildman–Crippen MR) is 150 cm³/mol. The minimum Gasteiger partial charge on any atom is -0.497 e. The molecule has 0 spiro atoms. The number of hydrogen-bond acceptors (Lipinski definition) is 5. The van der Waals surface area contributed by atoms with E-state index in [9.17, 15) is 4.79 Å². The number of anilines is 1. The van der Waals surface area contributed by atoms with Crippen LogP contribution in [0.2, 0.25) is 0 Å². The van der Waals surface area contributed by atoms with Crippen LogP contribution in [0.3, 0.4) is 0 Å². The number of ether oxygens (including phenoxy) is 1. The van der Waals surface area contributed by atoms with Crippen molar-refractivity contribution < 1.29 is 9.53 Å². The number of nitrogens with one attached hydrogen (secondary N) is 1. The fourth-order valence-electron chi connectivity index (χ4n) is 5.80. The number of carbonyl (C=O) groups excluding carboxylic acids is 1. The molecule has 0 aromatic heterocycles. The Morgan fingerprint density at radius 3 is 2.28 bits per heavy atom. The number of nitrogens with zero attached hydrogens (tertiary/aromatic N) is 4. The van der Waals surface area contributed by atoms with Gasteiger partial charge in [-0.15, -0.1) is 0 Å². The van der Waals surface area contributed by atoms with Crippen molar-refractivity contribution in [3.63, 3.8) is 0 Å². The highest BCUT2D eigenvalue weighted by Crippen LogP contribution is 2.43. The molecule has 2 amide bonds. The molecule has 7 nitrogen and oxygen atoms in total. The van der Waals surface area contributed by atoms with E-state index in [1.54, 1.807) is 7.11 Å². The minimum atomic E-state index is -0.0313. The number of benzene rings is 2. The third kappa shape index (κ3) is 6.40. The average molecular weight is 559 g/mol. The van der Waals surface area contributed by atoms with Gasteiger partial charge in [0.1, 0.15) is 5.75 Å². The fourth-order valence-corrected chi connectivity index (χ4v) is 6.06. The van der Waals surface area contributed by atoms with Crippen molar-refractivity contribution in [1.29, 1.82) is 0 Å². The number of methoxy groups -OCH3 is 1. The van der Waals surface area contributed by atoms with E-state index in [1.807, 2.05) is 29.2 Å². The average Bonchev–Trinajstić information content (AvgIpc) is 2.83. The summed E-state index contributed by atoms with van der Waals surface area (Å²) in [6.07, 6.45) is 0.995. The van der Waals surface area contributed by atoms with Crippen molar-refractivity contribution in [3.05, 3.63) is 58.6 Å². The van der Waals surface area contributed by atoms with Crippen molar-refractivity contribution in [2.75, 3.05) is 73.3 Å². The minimum absolute atomic E-state index is 0.0313. The first kappa shape index (κ1) is 26.9. The molecule has 0 radical (unpaired) electrons. The van der Waals surface area contributed by atoms with Gasteiger partial charge in [-0.05, 0) is 82.5 Å². The lowest BCUT2D eigenvalue weighted by Gasteiger charge is -2.59. The second-order valence-corrected chi connectivity index (χ2v) is 11.6. The molecule has 4 rings (SSSR count). The zero-order valence-corrected chi connectivity index (χ0v) is 23.7. The van der Waals surface area contributed by atoms with Gasteiger partial charge in [-0.1, -0.05) is 28.1 Å². The first-order valence-corrected chi connectivity index (χ1v) is 13.5. The highest BCUT2D eigenvalue weighted by atomic mass is 79.9. The molecular weight excluding hydrogens is 518 g/mol. The summed E-state index contributed by atoms with van der Waals surface area (Å²) in [4.78, 5) is 22.7. The molecule has 2 heterocycles. The first-order valence-electron chi connectivity index (χ1n) is 12.8. The highest BCUT2D eigenvalue weighted by molar-refractivity contribution is 9.10. The summed E-state index contributed by atoms with van der Waals surface area (Å²) in [5.41, 5.74) is 2.14. The molecule has 2 aromatic carbocycles. The number of likely N-dealkylation sites (N-methyl/N-ethyl adjacent to an activating group) is 1. The van der Waals surface area contributed by atoms with E-state index >= 15 is 0 Å². The van der Waals surface area contributed by atoms with Crippen LogP contribution < -0.4 is 10.1 Å². The van der Waals surface area contributed by atoms with E-state index < -0.39 is 0 Å². The Hall–Kier alpha value is -2.13. The molecule has 4 atom stereocenters.